The van der Waals surface area contributed by atoms with E-state index in [2.05, 4.69) is 46.3 Å². The van der Waals surface area contributed by atoms with Gasteiger partial charge in [0.1, 0.15) is 18.2 Å². The maximum atomic E-state index is 11.3. The molecule has 1 aliphatic heterocycles. The summed E-state index contributed by atoms with van der Waals surface area (Å²) in [5, 5.41) is 7.03. The number of hydrogen-bond donors (Lipinski definition) is 3. The van der Waals surface area contributed by atoms with Crippen molar-refractivity contribution in [2.45, 2.75) is 13.8 Å². The Labute approximate surface area is 187 Å². The molecule has 1 aliphatic rings. The standard InChI is InChI=1S/C9H9N3O3.C4H5N3O2.C4H7NO2S/c1-2-14-9(13)8-10-5-7(11-8)6-3-4-15-12-6;5-6-4(8)3-1-2-9-7-3;1-2-7-4(6)3(5)8/h3-4H,2,5H2,1H3;1-2H,5H2,(H,6,8);2H2,1H3,(H2,5,8). The van der Waals surface area contributed by atoms with Gasteiger partial charge in [0.15, 0.2) is 10.7 Å². The molecule has 5 N–H and O–H groups in total. The number of nitrogens with one attached hydrogen (secondary N) is 1. The highest BCUT2D eigenvalue weighted by atomic mass is 32.1. The van der Waals surface area contributed by atoms with Crippen molar-refractivity contribution in [3.8, 4) is 0 Å². The van der Waals surface area contributed by atoms with Gasteiger partial charge >= 0.3 is 11.9 Å². The lowest BCUT2D eigenvalue weighted by atomic mass is 10.3. The zero-order chi connectivity index (χ0) is 23.9. The number of rotatable bonds is 5. The average Bonchev–Trinajstić information content (AvgIpc) is 3.56. The first-order valence-electron chi connectivity index (χ1n) is 8.91. The molecule has 2 aromatic heterocycles. The molecule has 2 aromatic rings. The Morgan fingerprint density at radius 1 is 1.12 bits per heavy atom. The third-order valence-electron chi connectivity index (χ3n) is 3.09. The van der Waals surface area contributed by atoms with Crippen LogP contribution in [0.5, 0.6) is 0 Å². The van der Waals surface area contributed by atoms with Crippen LogP contribution in [0.4, 0.5) is 0 Å². The summed E-state index contributed by atoms with van der Waals surface area (Å²) in [5.41, 5.74) is 8.18. The third-order valence-corrected chi connectivity index (χ3v) is 3.26. The second-order valence-corrected chi connectivity index (χ2v) is 5.69. The molecule has 0 spiro atoms. The lowest BCUT2D eigenvalue weighted by Gasteiger charge is -1.96. The van der Waals surface area contributed by atoms with Crippen LogP contribution in [0.2, 0.25) is 0 Å². The zero-order valence-corrected chi connectivity index (χ0v) is 18.0. The van der Waals surface area contributed by atoms with E-state index in [4.69, 9.17) is 16.3 Å². The van der Waals surface area contributed by atoms with E-state index >= 15 is 0 Å². The fourth-order valence-electron chi connectivity index (χ4n) is 1.76. The van der Waals surface area contributed by atoms with Gasteiger partial charge in [-0.25, -0.2) is 20.4 Å². The largest absolute Gasteiger partial charge is 0.461 e. The Morgan fingerprint density at radius 2 is 1.78 bits per heavy atom. The first-order chi connectivity index (χ1) is 15.3. The number of nitrogen functional groups attached to an aromatic ring is 1. The quantitative estimate of drug-likeness (QED) is 0.168. The van der Waals surface area contributed by atoms with Gasteiger partial charge in [-0.15, -0.1) is 0 Å². The summed E-state index contributed by atoms with van der Waals surface area (Å²) in [4.78, 5) is 39.8. The number of nitrogens with two attached hydrogens (primary N) is 2. The zero-order valence-electron chi connectivity index (χ0n) is 17.1. The number of aromatic nitrogens is 2. The van der Waals surface area contributed by atoms with Crippen molar-refractivity contribution in [1.82, 2.24) is 15.7 Å². The molecule has 0 saturated heterocycles. The Balaban J connectivity index is 0.000000260. The summed E-state index contributed by atoms with van der Waals surface area (Å²) < 4.78 is 18.2. The minimum atomic E-state index is -0.609. The van der Waals surface area contributed by atoms with E-state index in [0.717, 1.165) is 0 Å². The predicted octanol–water partition coefficient (Wildman–Crippen LogP) is -0.447. The molecule has 0 unspecified atom stereocenters. The van der Waals surface area contributed by atoms with E-state index in [1.165, 1.54) is 18.6 Å². The van der Waals surface area contributed by atoms with Gasteiger partial charge < -0.3 is 24.3 Å². The summed E-state index contributed by atoms with van der Waals surface area (Å²) in [6.07, 6.45) is 2.74. The minimum absolute atomic E-state index is 0.0925. The average molecular weight is 467 g/mol. The molecular formula is C17H21N7O7S. The van der Waals surface area contributed by atoms with Gasteiger partial charge in [-0.05, 0) is 13.8 Å². The van der Waals surface area contributed by atoms with Crippen molar-refractivity contribution < 1.29 is 32.9 Å². The molecule has 3 heterocycles. The van der Waals surface area contributed by atoms with E-state index < -0.39 is 17.8 Å². The summed E-state index contributed by atoms with van der Waals surface area (Å²) in [5.74, 6) is 3.31. The van der Waals surface area contributed by atoms with Crippen LogP contribution in [0.15, 0.2) is 43.7 Å². The summed E-state index contributed by atoms with van der Waals surface area (Å²) >= 11 is 4.29. The number of amidine groups is 1. The van der Waals surface area contributed by atoms with Gasteiger partial charge in [0.2, 0.25) is 5.84 Å². The second-order valence-electron chi connectivity index (χ2n) is 5.25. The number of thiocarbonyl (C=S) groups is 1. The van der Waals surface area contributed by atoms with Gasteiger partial charge in [0.25, 0.3) is 5.91 Å². The van der Waals surface area contributed by atoms with Gasteiger partial charge in [-0.3, -0.25) is 15.2 Å². The summed E-state index contributed by atoms with van der Waals surface area (Å²) in [6.45, 7) is 4.38. The molecule has 3 rings (SSSR count). The summed E-state index contributed by atoms with van der Waals surface area (Å²) in [6, 6.07) is 3.09. The van der Waals surface area contributed by atoms with Crippen LogP contribution in [-0.4, -0.2) is 64.5 Å². The number of amides is 1. The number of aliphatic imine (C=N–C) groups is 2. The number of hydrazine groups is 1. The van der Waals surface area contributed by atoms with Crippen molar-refractivity contribution in [3.63, 3.8) is 0 Å². The number of nitrogens with zero attached hydrogens (tertiary/aromatic N) is 4. The molecular weight excluding hydrogens is 446 g/mol. The van der Waals surface area contributed by atoms with Crippen molar-refractivity contribution in [3.05, 3.63) is 36.0 Å². The van der Waals surface area contributed by atoms with Crippen LogP contribution >= 0.6 is 12.2 Å². The fourth-order valence-corrected chi connectivity index (χ4v) is 1.82. The van der Waals surface area contributed by atoms with Crippen LogP contribution in [0.3, 0.4) is 0 Å². The normalized spacial score (nSPS) is 11.5. The molecule has 0 atom stereocenters. The van der Waals surface area contributed by atoms with Crippen LogP contribution < -0.4 is 17.0 Å². The van der Waals surface area contributed by atoms with Crippen LogP contribution in [-0.2, 0) is 19.1 Å². The molecule has 0 aliphatic carbocycles. The van der Waals surface area contributed by atoms with Crippen molar-refractivity contribution in [1.29, 1.82) is 0 Å². The smallest absolute Gasteiger partial charge is 0.375 e. The van der Waals surface area contributed by atoms with Crippen LogP contribution in [0.1, 0.15) is 30.0 Å². The van der Waals surface area contributed by atoms with Crippen LogP contribution in [0.25, 0.3) is 0 Å². The van der Waals surface area contributed by atoms with Gasteiger partial charge in [0.05, 0.1) is 25.5 Å². The highest BCUT2D eigenvalue weighted by molar-refractivity contribution is 7.81. The monoisotopic (exact) mass is 467 g/mol. The molecule has 0 radical (unpaired) electrons. The molecule has 0 bridgehead atoms. The fraction of sp³-hybridized carbons (Fsp3) is 0.294. The molecule has 15 heteroatoms. The van der Waals surface area contributed by atoms with Crippen LogP contribution in [0, 0.1) is 0 Å². The first-order valence-corrected chi connectivity index (χ1v) is 9.32. The number of ether oxygens (including phenoxy) is 2. The highest BCUT2D eigenvalue weighted by Crippen LogP contribution is 2.06. The van der Waals surface area contributed by atoms with Gasteiger partial charge in [0, 0.05) is 12.1 Å². The molecule has 172 valence electrons. The lowest BCUT2D eigenvalue weighted by Crippen LogP contribution is -2.30. The SMILES string of the molecule is CCOC(=O)C(N)=S.CCOC(=O)C1=NCC(c2ccon2)=N1.NNC(=O)c1ccon1. The van der Waals surface area contributed by atoms with Crippen molar-refractivity contribution in [2.24, 2.45) is 21.6 Å². The lowest BCUT2D eigenvalue weighted by molar-refractivity contribution is -0.135. The van der Waals surface area contributed by atoms with Crippen molar-refractivity contribution in [2.75, 3.05) is 19.8 Å². The maximum Gasteiger partial charge on any atom is 0.375 e. The maximum absolute atomic E-state index is 11.3. The number of hydrogen-bond acceptors (Lipinski definition) is 13. The molecule has 1 amide bonds. The third kappa shape index (κ3) is 8.80. The number of esters is 2. The molecule has 0 aromatic carbocycles. The Morgan fingerprint density at radius 3 is 2.25 bits per heavy atom. The molecule has 0 fully saturated rings. The number of carbonyl (C=O) groups excluding carboxylic acids is 3. The second kappa shape index (κ2) is 14.1. The van der Waals surface area contributed by atoms with Crippen molar-refractivity contribution >= 4 is 46.6 Å². The molecule has 32 heavy (non-hydrogen) atoms. The van der Waals surface area contributed by atoms with Gasteiger partial charge in [-0.2, -0.15) is 0 Å². The minimum Gasteiger partial charge on any atom is -0.461 e. The molecule has 0 saturated carbocycles. The topological polar surface area (TPSA) is 211 Å². The van der Waals surface area contributed by atoms with E-state index in [0.29, 0.717) is 31.2 Å². The number of carbonyl (C=O) groups is 3. The Kier molecular flexibility index (Phi) is 11.5. The highest BCUT2D eigenvalue weighted by Gasteiger charge is 2.20. The van der Waals surface area contributed by atoms with Gasteiger partial charge in [-0.1, -0.05) is 22.5 Å². The van der Waals surface area contributed by atoms with E-state index in [-0.39, 0.29) is 16.5 Å². The summed E-state index contributed by atoms with van der Waals surface area (Å²) in [7, 11) is 0. The first kappa shape index (κ1) is 26.1. The van der Waals surface area contributed by atoms with E-state index in [1.54, 1.807) is 19.9 Å². The predicted molar refractivity (Wildman–Crippen MR) is 114 cm³/mol. The molecule has 14 nitrogen and oxygen atoms in total. The Bertz CT molecular complexity index is 956. The Hall–Kier alpha value is -3.98. The van der Waals surface area contributed by atoms with E-state index in [1.807, 2.05) is 5.43 Å². The van der Waals surface area contributed by atoms with E-state index in [9.17, 15) is 14.4 Å².